The Morgan fingerprint density at radius 1 is 1.19 bits per heavy atom. The Bertz CT molecular complexity index is 364. The van der Waals surface area contributed by atoms with Crippen LogP contribution < -0.4 is 15.2 Å². The molecular formula is C10H15NO5. The fourth-order valence-corrected chi connectivity index (χ4v) is 1.09. The average Bonchev–Trinajstić information content (AvgIpc) is 2.31. The molecule has 0 aliphatic rings. The van der Waals surface area contributed by atoms with Gasteiger partial charge in [-0.2, -0.15) is 0 Å². The summed E-state index contributed by atoms with van der Waals surface area (Å²) in [5.74, 6) is -0.466. The van der Waals surface area contributed by atoms with E-state index < -0.39 is 5.97 Å². The molecule has 6 nitrogen and oxygen atoms in total. The minimum atomic E-state index is -1.09. The molecule has 1 aromatic rings. The van der Waals surface area contributed by atoms with Crippen LogP contribution in [0.3, 0.4) is 0 Å². The molecule has 4 N–H and O–H groups in total. The topological polar surface area (TPSA) is 102 Å². The molecule has 0 saturated carbocycles. The van der Waals surface area contributed by atoms with Crippen molar-refractivity contribution < 1.29 is 24.5 Å². The first-order chi connectivity index (χ1) is 7.60. The second kappa shape index (κ2) is 6.52. The normalized spacial score (nSPS) is 8.75. The van der Waals surface area contributed by atoms with E-state index >= 15 is 0 Å². The van der Waals surface area contributed by atoms with Crippen LogP contribution in [0.1, 0.15) is 10.4 Å². The molecule has 0 spiro atoms. The van der Waals surface area contributed by atoms with Gasteiger partial charge in [0.15, 0.2) is 0 Å². The van der Waals surface area contributed by atoms with Crippen molar-refractivity contribution in [3.63, 3.8) is 0 Å². The number of rotatable bonds is 3. The van der Waals surface area contributed by atoms with Gasteiger partial charge in [0, 0.05) is 13.2 Å². The zero-order valence-electron chi connectivity index (χ0n) is 9.35. The number of aliphatic hydroxyl groups is 1. The number of carboxylic acids is 1. The molecule has 0 amide bonds. The number of nitrogens with two attached hydrogens (primary N) is 1. The number of carboxylic acid groups (broad SMARTS) is 1. The highest BCUT2D eigenvalue weighted by Crippen LogP contribution is 2.30. The van der Waals surface area contributed by atoms with Gasteiger partial charge in [0.25, 0.3) is 0 Å². The van der Waals surface area contributed by atoms with Crippen LogP contribution in [0.2, 0.25) is 0 Å². The second-order valence-electron chi connectivity index (χ2n) is 2.60. The number of ether oxygens (including phenoxy) is 2. The monoisotopic (exact) mass is 229 g/mol. The second-order valence-corrected chi connectivity index (χ2v) is 2.60. The SMILES string of the molecule is CO.COc1cc(OC)c(C(=O)O)cc1N. The summed E-state index contributed by atoms with van der Waals surface area (Å²) in [5, 5.41) is 15.8. The van der Waals surface area contributed by atoms with Crippen LogP contribution in [0.15, 0.2) is 12.1 Å². The summed E-state index contributed by atoms with van der Waals surface area (Å²) in [5.41, 5.74) is 5.84. The molecule has 0 aromatic heterocycles. The molecule has 0 radical (unpaired) electrons. The van der Waals surface area contributed by atoms with Crippen molar-refractivity contribution in [1.82, 2.24) is 0 Å². The highest BCUT2D eigenvalue weighted by molar-refractivity contribution is 5.92. The number of hydrogen-bond donors (Lipinski definition) is 3. The molecule has 0 heterocycles. The quantitative estimate of drug-likeness (QED) is 0.656. The van der Waals surface area contributed by atoms with Gasteiger partial charge in [-0.15, -0.1) is 0 Å². The van der Waals surface area contributed by atoms with Crippen molar-refractivity contribution in [2.24, 2.45) is 0 Å². The van der Waals surface area contributed by atoms with Gasteiger partial charge in [-0.05, 0) is 6.07 Å². The third-order valence-electron chi connectivity index (χ3n) is 1.78. The van der Waals surface area contributed by atoms with Gasteiger partial charge in [0.1, 0.15) is 17.1 Å². The molecule has 0 unspecified atom stereocenters. The molecule has 0 aliphatic carbocycles. The number of benzene rings is 1. The summed E-state index contributed by atoms with van der Waals surface area (Å²) in [7, 11) is 3.84. The van der Waals surface area contributed by atoms with E-state index in [1.54, 1.807) is 0 Å². The summed E-state index contributed by atoms with van der Waals surface area (Å²) in [6.07, 6.45) is 0. The first-order valence-electron chi connectivity index (χ1n) is 4.29. The van der Waals surface area contributed by atoms with Crippen molar-refractivity contribution in [2.45, 2.75) is 0 Å². The highest BCUT2D eigenvalue weighted by atomic mass is 16.5. The number of aromatic carboxylic acids is 1. The van der Waals surface area contributed by atoms with Crippen molar-refractivity contribution >= 4 is 11.7 Å². The third kappa shape index (κ3) is 3.03. The van der Waals surface area contributed by atoms with E-state index in [1.807, 2.05) is 0 Å². The van der Waals surface area contributed by atoms with Crippen molar-refractivity contribution in [3.8, 4) is 11.5 Å². The molecule has 0 saturated heterocycles. The van der Waals surface area contributed by atoms with Crippen LogP contribution in [-0.2, 0) is 0 Å². The number of carbonyl (C=O) groups is 1. The Balaban J connectivity index is 0.00000106. The van der Waals surface area contributed by atoms with Gasteiger partial charge < -0.3 is 25.4 Å². The van der Waals surface area contributed by atoms with E-state index in [4.69, 9.17) is 25.4 Å². The van der Waals surface area contributed by atoms with Gasteiger partial charge in [0.05, 0.1) is 19.9 Å². The summed E-state index contributed by atoms with van der Waals surface area (Å²) >= 11 is 0. The molecule has 90 valence electrons. The summed E-state index contributed by atoms with van der Waals surface area (Å²) in [4.78, 5) is 10.8. The molecule has 1 rings (SSSR count). The first kappa shape index (κ1) is 14.1. The zero-order chi connectivity index (χ0) is 12.7. The molecule has 0 atom stereocenters. The van der Waals surface area contributed by atoms with Gasteiger partial charge in [0.2, 0.25) is 0 Å². The van der Waals surface area contributed by atoms with Crippen LogP contribution in [0.5, 0.6) is 11.5 Å². The van der Waals surface area contributed by atoms with Crippen LogP contribution in [0.4, 0.5) is 5.69 Å². The Labute approximate surface area is 93.2 Å². The van der Waals surface area contributed by atoms with Crippen LogP contribution in [-0.4, -0.2) is 37.5 Å². The summed E-state index contributed by atoms with van der Waals surface area (Å²) < 4.78 is 9.81. The van der Waals surface area contributed by atoms with E-state index in [2.05, 4.69) is 0 Å². The fourth-order valence-electron chi connectivity index (χ4n) is 1.09. The summed E-state index contributed by atoms with van der Waals surface area (Å²) in [6, 6.07) is 2.75. The summed E-state index contributed by atoms with van der Waals surface area (Å²) in [6.45, 7) is 0. The molecule has 0 aliphatic heterocycles. The third-order valence-corrected chi connectivity index (χ3v) is 1.78. The van der Waals surface area contributed by atoms with E-state index in [0.717, 1.165) is 7.11 Å². The maximum atomic E-state index is 10.8. The number of aliphatic hydroxyl groups excluding tert-OH is 1. The smallest absolute Gasteiger partial charge is 0.339 e. The lowest BCUT2D eigenvalue weighted by molar-refractivity contribution is 0.0693. The fraction of sp³-hybridized carbons (Fsp3) is 0.300. The van der Waals surface area contributed by atoms with Crippen molar-refractivity contribution in [3.05, 3.63) is 17.7 Å². The lowest BCUT2D eigenvalue weighted by Gasteiger charge is -2.09. The molecular weight excluding hydrogens is 214 g/mol. The first-order valence-corrected chi connectivity index (χ1v) is 4.29. The Kier molecular flexibility index (Phi) is 5.72. The van der Waals surface area contributed by atoms with E-state index in [-0.39, 0.29) is 17.0 Å². The van der Waals surface area contributed by atoms with Gasteiger partial charge in [-0.1, -0.05) is 0 Å². The molecule has 1 aromatic carbocycles. The number of nitrogen functional groups attached to an aromatic ring is 1. The van der Waals surface area contributed by atoms with Crippen LogP contribution in [0.25, 0.3) is 0 Å². The van der Waals surface area contributed by atoms with E-state index in [9.17, 15) is 4.79 Å². The largest absolute Gasteiger partial charge is 0.496 e. The van der Waals surface area contributed by atoms with Gasteiger partial charge in [-0.25, -0.2) is 4.79 Å². The number of hydrogen-bond acceptors (Lipinski definition) is 5. The maximum Gasteiger partial charge on any atom is 0.339 e. The predicted octanol–water partition coefficient (Wildman–Crippen LogP) is 0.593. The minimum Gasteiger partial charge on any atom is -0.496 e. The van der Waals surface area contributed by atoms with E-state index in [0.29, 0.717) is 5.75 Å². The maximum absolute atomic E-state index is 10.8. The zero-order valence-corrected chi connectivity index (χ0v) is 9.35. The minimum absolute atomic E-state index is 0.0193. The van der Waals surface area contributed by atoms with Crippen LogP contribution in [0, 0.1) is 0 Å². The van der Waals surface area contributed by atoms with Gasteiger partial charge >= 0.3 is 5.97 Å². The predicted molar refractivity (Wildman–Crippen MR) is 59.1 cm³/mol. The van der Waals surface area contributed by atoms with Gasteiger partial charge in [-0.3, -0.25) is 0 Å². The highest BCUT2D eigenvalue weighted by Gasteiger charge is 2.14. The Morgan fingerprint density at radius 2 is 1.69 bits per heavy atom. The standard InChI is InChI=1S/C9H11NO4.CH4O/c1-13-7-4-8(14-2)6(10)3-5(7)9(11)12;1-2/h3-4H,10H2,1-2H3,(H,11,12);2H,1H3. The average molecular weight is 229 g/mol. The lowest BCUT2D eigenvalue weighted by Crippen LogP contribution is -2.03. The molecule has 16 heavy (non-hydrogen) atoms. The van der Waals surface area contributed by atoms with Crippen molar-refractivity contribution in [1.29, 1.82) is 0 Å². The van der Waals surface area contributed by atoms with Crippen molar-refractivity contribution in [2.75, 3.05) is 27.1 Å². The number of anilines is 1. The van der Waals surface area contributed by atoms with Crippen LogP contribution >= 0.6 is 0 Å². The lowest BCUT2D eigenvalue weighted by atomic mass is 10.1. The molecule has 6 heteroatoms. The Hall–Kier alpha value is -1.95. The number of methoxy groups -OCH3 is 2. The molecule has 0 fully saturated rings. The Morgan fingerprint density at radius 3 is 2.06 bits per heavy atom. The molecule has 0 bridgehead atoms. The van der Waals surface area contributed by atoms with E-state index in [1.165, 1.54) is 26.4 Å².